The number of anilines is 1. The minimum Gasteiger partial charge on any atom is -0.370 e. The first-order chi connectivity index (χ1) is 9.86. The summed E-state index contributed by atoms with van der Waals surface area (Å²) in [7, 11) is 0. The van der Waals surface area contributed by atoms with Crippen LogP contribution in [0.15, 0.2) is 18.2 Å². The summed E-state index contributed by atoms with van der Waals surface area (Å²) in [5.74, 6) is 0.697. The average molecular weight is 301 g/mol. The third-order valence-corrected chi connectivity index (χ3v) is 4.23. The first-order valence-electron chi connectivity index (χ1n) is 6.67. The molecular weight excluding hydrogens is 287 g/mol. The zero-order valence-corrected chi connectivity index (χ0v) is 11.1. The third kappa shape index (κ3) is 2.55. The Morgan fingerprint density at radius 1 is 1.24 bits per heavy atom. The smallest absolute Gasteiger partial charge is 0.370 e. The van der Waals surface area contributed by atoms with Crippen molar-refractivity contribution in [2.24, 2.45) is 11.8 Å². The van der Waals surface area contributed by atoms with Crippen LogP contribution in [0.1, 0.15) is 5.56 Å². The molecule has 21 heavy (non-hydrogen) atoms. The fraction of sp³-hybridized carbons (Fsp3) is 0.538. The second-order valence-electron chi connectivity index (χ2n) is 5.54. The molecule has 0 spiro atoms. The van der Waals surface area contributed by atoms with E-state index in [0.717, 1.165) is 19.2 Å². The summed E-state index contributed by atoms with van der Waals surface area (Å²) in [5, 5.41) is 13.9. The van der Waals surface area contributed by atoms with Gasteiger partial charge in [0, 0.05) is 44.0 Å². The summed E-state index contributed by atoms with van der Waals surface area (Å²) in [6, 6.07) is 2.98. The highest BCUT2D eigenvalue weighted by Gasteiger charge is 2.41. The van der Waals surface area contributed by atoms with Gasteiger partial charge in [0.2, 0.25) is 0 Å². The van der Waals surface area contributed by atoms with Crippen molar-refractivity contribution < 1.29 is 18.1 Å². The van der Waals surface area contributed by atoms with E-state index in [1.165, 1.54) is 6.07 Å². The minimum absolute atomic E-state index is 0.0440. The Labute approximate surface area is 118 Å². The SMILES string of the molecule is O=[N+]([O-])c1ccc(N2C[C@H]3CNC[C@H]3C2)c(C(F)(F)F)c1. The molecule has 0 saturated carbocycles. The lowest BCUT2D eigenvalue weighted by Gasteiger charge is -2.23. The molecule has 2 fully saturated rings. The van der Waals surface area contributed by atoms with Crippen molar-refractivity contribution >= 4 is 11.4 Å². The van der Waals surface area contributed by atoms with Crippen LogP contribution in [0, 0.1) is 22.0 Å². The van der Waals surface area contributed by atoms with E-state index in [2.05, 4.69) is 5.32 Å². The van der Waals surface area contributed by atoms with Crippen molar-refractivity contribution in [3.63, 3.8) is 0 Å². The Morgan fingerprint density at radius 2 is 1.86 bits per heavy atom. The summed E-state index contributed by atoms with van der Waals surface area (Å²) in [4.78, 5) is 11.6. The molecule has 0 radical (unpaired) electrons. The molecule has 1 N–H and O–H groups in total. The van der Waals surface area contributed by atoms with Gasteiger partial charge in [-0.15, -0.1) is 0 Å². The fourth-order valence-corrected chi connectivity index (χ4v) is 3.19. The number of hydrogen-bond acceptors (Lipinski definition) is 4. The number of nitro benzene ring substituents is 1. The van der Waals surface area contributed by atoms with Crippen molar-refractivity contribution in [1.29, 1.82) is 0 Å². The number of nitrogens with zero attached hydrogens (tertiary/aromatic N) is 2. The van der Waals surface area contributed by atoms with Crippen LogP contribution in [0.3, 0.4) is 0 Å². The van der Waals surface area contributed by atoms with Gasteiger partial charge < -0.3 is 10.2 Å². The van der Waals surface area contributed by atoms with E-state index >= 15 is 0 Å². The zero-order valence-electron chi connectivity index (χ0n) is 11.1. The van der Waals surface area contributed by atoms with Gasteiger partial charge in [0.15, 0.2) is 0 Å². The van der Waals surface area contributed by atoms with E-state index in [9.17, 15) is 23.3 Å². The van der Waals surface area contributed by atoms with Gasteiger partial charge >= 0.3 is 6.18 Å². The van der Waals surface area contributed by atoms with Crippen molar-refractivity contribution in [2.75, 3.05) is 31.1 Å². The number of fused-ring (bicyclic) bond motifs is 1. The topological polar surface area (TPSA) is 58.4 Å². The van der Waals surface area contributed by atoms with Crippen molar-refractivity contribution in [2.45, 2.75) is 6.18 Å². The Bertz CT molecular complexity index is 564. The van der Waals surface area contributed by atoms with E-state index < -0.39 is 22.4 Å². The first kappa shape index (κ1) is 14.1. The van der Waals surface area contributed by atoms with Gasteiger partial charge in [-0.05, 0) is 17.9 Å². The molecule has 2 atom stereocenters. The molecule has 5 nitrogen and oxygen atoms in total. The number of alkyl halides is 3. The summed E-state index contributed by atoms with van der Waals surface area (Å²) >= 11 is 0. The van der Waals surface area contributed by atoms with Crippen LogP contribution < -0.4 is 10.2 Å². The molecule has 2 aliphatic heterocycles. The van der Waals surface area contributed by atoms with E-state index in [1.807, 2.05) is 0 Å². The molecule has 114 valence electrons. The number of nitrogens with one attached hydrogen (secondary N) is 1. The lowest BCUT2D eigenvalue weighted by molar-refractivity contribution is -0.385. The maximum atomic E-state index is 13.2. The van der Waals surface area contributed by atoms with Gasteiger partial charge in [-0.25, -0.2) is 0 Å². The third-order valence-electron chi connectivity index (χ3n) is 4.23. The molecule has 3 rings (SSSR count). The molecule has 0 aliphatic carbocycles. The normalized spacial score (nSPS) is 25.2. The molecule has 2 heterocycles. The quantitative estimate of drug-likeness (QED) is 0.672. The number of halogens is 3. The van der Waals surface area contributed by atoms with Crippen LogP contribution in [0.4, 0.5) is 24.5 Å². The maximum Gasteiger partial charge on any atom is 0.418 e. The fourth-order valence-electron chi connectivity index (χ4n) is 3.19. The molecule has 0 unspecified atom stereocenters. The Kier molecular flexibility index (Phi) is 3.27. The van der Waals surface area contributed by atoms with Crippen LogP contribution in [-0.2, 0) is 6.18 Å². The summed E-state index contributed by atoms with van der Waals surface area (Å²) in [6.07, 6.45) is -4.60. The molecule has 2 saturated heterocycles. The van der Waals surface area contributed by atoms with Crippen molar-refractivity contribution in [3.05, 3.63) is 33.9 Å². The molecule has 1 aromatic carbocycles. The first-order valence-corrected chi connectivity index (χ1v) is 6.67. The largest absolute Gasteiger partial charge is 0.418 e. The maximum absolute atomic E-state index is 13.2. The van der Waals surface area contributed by atoms with Crippen LogP contribution in [0.2, 0.25) is 0 Å². The van der Waals surface area contributed by atoms with Crippen LogP contribution in [0.25, 0.3) is 0 Å². The lowest BCUT2D eigenvalue weighted by Crippen LogP contribution is -2.27. The second-order valence-corrected chi connectivity index (χ2v) is 5.54. The predicted octanol–water partition coefficient (Wildman–Crippen LogP) is 2.27. The van der Waals surface area contributed by atoms with Gasteiger partial charge in [-0.3, -0.25) is 10.1 Å². The summed E-state index contributed by atoms with van der Waals surface area (Å²) < 4.78 is 39.5. The highest BCUT2D eigenvalue weighted by Crippen LogP contribution is 2.41. The summed E-state index contributed by atoms with van der Waals surface area (Å²) in [6.45, 7) is 2.74. The van der Waals surface area contributed by atoms with E-state index in [0.29, 0.717) is 31.0 Å². The van der Waals surface area contributed by atoms with Gasteiger partial charge in [0.1, 0.15) is 0 Å². The van der Waals surface area contributed by atoms with E-state index in [1.54, 1.807) is 4.90 Å². The standard InChI is InChI=1S/C13H14F3N3O2/c14-13(15,16)11-3-10(19(20)21)1-2-12(11)18-6-8-4-17-5-9(8)7-18/h1-3,8-9,17H,4-7H2/t8-,9+. The van der Waals surface area contributed by atoms with Crippen molar-refractivity contribution in [1.82, 2.24) is 5.32 Å². The number of non-ortho nitro benzene ring substituents is 1. The van der Waals surface area contributed by atoms with Gasteiger partial charge in [-0.1, -0.05) is 0 Å². The van der Waals surface area contributed by atoms with Gasteiger partial charge in [0.25, 0.3) is 5.69 Å². The monoisotopic (exact) mass is 301 g/mol. The van der Waals surface area contributed by atoms with E-state index in [4.69, 9.17) is 0 Å². The molecule has 2 aliphatic rings. The highest BCUT2D eigenvalue weighted by atomic mass is 19.4. The number of benzene rings is 1. The Morgan fingerprint density at radius 3 is 2.38 bits per heavy atom. The molecule has 8 heteroatoms. The van der Waals surface area contributed by atoms with Gasteiger partial charge in [-0.2, -0.15) is 13.2 Å². The Hall–Kier alpha value is -1.83. The van der Waals surface area contributed by atoms with Crippen LogP contribution in [0.5, 0.6) is 0 Å². The summed E-state index contributed by atoms with van der Waals surface area (Å²) in [5.41, 5.74) is -1.42. The number of hydrogen-bond donors (Lipinski definition) is 1. The average Bonchev–Trinajstić information content (AvgIpc) is 2.97. The number of rotatable bonds is 2. The second kappa shape index (κ2) is 4.87. The van der Waals surface area contributed by atoms with Gasteiger partial charge in [0.05, 0.1) is 10.5 Å². The molecule has 1 aromatic rings. The lowest BCUT2D eigenvalue weighted by atomic mass is 10.0. The van der Waals surface area contributed by atoms with Crippen LogP contribution >= 0.6 is 0 Å². The van der Waals surface area contributed by atoms with Crippen LogP contribution in [-0.4, -0.2) is 31.1 Å². The molecule has 0 aromatic heterocycles. The predicted molar refractivity (Wildman–Crippen MR) is 70.2 cm³/mol. The number of nitro groups is 1. The Balaban J connectivity index is 1.96. The zero-order chi connectivity index (χ0) is 15.2. The minimum atomic E-state index is -4.60. The molecule has 0 amide bonds. The van der Waals surface area contributed by atoms with E-state index in [-0.39, 0.29) is 5.69 Å². The van der Waals surface area contributed by atoms with Crippen molar-refractivity contribution in [3.8, 4) is 0 Å². The molecule has 0 bridgehead atoms. The highest BCUT2D eigenvalue weighted by molar-refractivity contribution is 5.60. The molecular formula is C13H14F3N3O2.